The zero-order valence-corrected chi connectivity index (χ0v) is 21.1. The first kappa shape index (κ1) is 28.6. The molecular formula is C30H21F7N2O. The number of nitrogens with zero attached hydrogens (tertiary/aromatic N) is 2. The molecule has 0 fully saturated rings. The van der Waals surface area contributed by atoms with Crippen molar-refractivity contribution in [2.45, 2.75) is 38.7 Å². The molecule has 0 aliphatic rings. The van der Waals surface area contributed by atoms with Crippen molar-refractivity contribution in [2.24, 2.45) is 0 Å². The molecule has 0 saturated heterocycles. The molecule has 0 unspecified atom stereocenters. The van der Waals surface area contributed by atoms with E-state index in [4.69, 9.17) is 0 Å². The molecule has 0 spiro atoms. The third-order valence-electron chi connectivity index (χ3n) is 5.83. The normalized spacial score (nSPS) is 11.2. The standard InChI is InChI=1S/C30H21F7N2O/c1-2-3-4-5-19-16-38-29(39-17-19)21-9-11-23(25(32)14-21)30(36,37)40-22-10-8-20(24(31)15-22)7-6-18-12-26(33)28(35)27(34)13-18/h8-17H,2-5H2,1H3. The van der Waals surface area contributed by atoms with Gasteiger partial charge >= 0.3 is 6.11 Å². The summed E-state index contributed by atoms with van der Waals surface area (Å²) in [6, 6.07) is 6.73. The molecule has 0 atom stereocenters. The second-order valence-corrected chi connectivity index (χ2v) is 8.83. The van der Waals surface area contributed by atoms with Gasteiger partial charge in [-0.3, -0.25) is 0 Å². The highest BCUT2D eigenvalue weighted by molar-refractivity contribution is 5.56. The van der Waals surface area contributed by atoms with Gasteiger partial charge in [0.25, 0.3) is 0 Å². The minimum atomic E-state index is -4.17. The molecule has 0 amide bonds. The molecular weight excluding hydrogens is 537 g/mol. The SMILES string of the molecule is CCCCCc1cnc(-c2ccc(C(F)(F)Oc3ccc(C#Cc4cc(F)c(F)c(F)c4)c(F)c3)c(F)c2)nc1. The first-order valence-corrected chi connectivity index (χ1v) is 12.2. The zero-order valence-electron chi connectivity index (χ0n) is 21.1. The van der Waals surface area contributed by atoms with E-state index in [9.17, 15) is 30.7 Å². The molecule has 0 aliphatic carbocycles. The maximum absolute atomic E-state index is 14.8. The lowest BCUT2D eigenvalue weighted by atomic mass is 10.1. The first-order chi connectivity index (χ1) is 19.1. The summed E-state index contributed by atoms with van der Waals surface area (Å²) in [5, 5.41) is 0. The van der Waals surface area contributed by atoms with Crippen LogP contribution in [0.3, 0.4) is 0 Å². The quantitative estimate of drug-likeness (QED) is 0.0949. The summed E-state index contributed by atoms with van der Waals surface area (Å²) < 4.78 is 103. The number of hydrogen-bond donors (Lipinski definition) is 0. The minimum absolute atomic E-state index is 0.166. The van der Waals surface area contributed by atoms with Crippen molar-refractivity contribution in [3.05, 3.63) is 112 Å². The van der Waals surface area contributed by atoms with Crippen LogP contribution in [-0.4, -0.2) is 9.97 Å². The van der Waals surface area contributed by atoms with Crippen LogP contribution in [0.25, 0.3) is 11.4 Å². The van der Waals surface area contributed by atoms with Gasteiger partial charge in [-0.1, -0.05) is 37.7 Å². The molecule has 1 aromatic heterocycles. The highest BCUT2D eigenvalue weighted by Gasteiger charge is 2.38. The molecule has 4 rings (SSSR count). The van der Waals surface area contributed by atoms with Crippen molar-refractivity contribution >= 4 is 0 Å². The number of unbranched alkanes of at least 4 members (excludes halogenated alkanes) is 2. The fourth-order valence-electron chi connectivity index (χ4n) is 3.73. The van der Waals surface area contributed by atoms with Gasteiger partial charge in [-0.15, -0.1) is 0 Å². The van der Waals surface area contributed by atoms with Gasteiger partial charge in [0.2, 0.25) is 0 Å². The van der Waals surface area contributed by atoms with Crippen LogP contribution in [0.1, 0.15) is 48.4 Å². The van der Waals surface area contributed by atoms with Crippen molar-refractivity contribution in [1.29, 1.82) is 0 Å². The topological polar surface area (TPSA) is 35.0 Å². The van der Waals surface area contributed by atoms with Crippen molar-refractivity contribution in [1.82, 2.24) is 9.97 Å². The first-order valence-electron chi connectivity index (χ1n) is 12.2. The number of benzene rings is 3. The molecule has 3 aromatic carbocycles. The third kappa shape index (κ3) is 6.78. The lowest BCUT2D eigenvalue weighted by Crippen LogP contribution is -2.23. The average molecular weight is 558 g/mol. The molecule has 1 heterocycles. The number of aryl methyl sites for hydroxylation is 1. The van der Waals surface area contributed by atoms with Gasteiger partial charge in [0.15, 0.2) is 23.3 Å². The molecule has 0 aliphatic heterocycles. The monoisotopic (exact) mass is 558 g/mol. The van der Waals surface area contributed by atoms with Crippen LogP contribution in [0.5, 0.6) is 5.75 Å². The van der Waals surface area contributed by atoms with Gasteiger partial charge < -0.3 is 4.74 Å². The Kier molecular flexibility index (Phi) is 8.73. The summed E-state index contributed by atoms with van der Waals surface area (Å²) in [6.07, 6.45) is 2.97. The third-order valence-corrected chi connectivity index (χ3v) is 5.83. The van der Waals surface area contributed by atoms with Crippen LogP contribution < -0.4 is 4.74 Å². The van der Waals surface area contributed by atoms with Crippen molar-refractivity contribution in [3.8, 4) is 29.0 Å². The number of hydrogen-bond acceptors (Lipinski definition) is 3. The van der Waals surface area contributed by atoms with Gasteiger partial charge in [-0.05, 0) is 54.8 Å². The summed E-state index contributed by atoms with van der Waals surface area (Å²) in [4.78, 5) is 8.38. The molecule has 0 N–H and O–H groups in total. The highest BCUT2D eigenvalue weighted by atomic mass is 19.3. The lowest BCUT2D eigenvalue weighted by molar-refractivity contribution is -0.187. The summed E-state index contributed by atoms with van der Waals surface area (Å²) >= 11 is 0. The summed E-state index contributed by atoms with van der Waals surface area (Å²) in [5.74, 6) is -2.91. The second-order valence-electron chi connectivity index (χ2n) is 8.83. The van der Waals surface area contributed by atoms with Crippen molar-refractivity contribution in [2.75, 3.05) is 0 Å². The van der Waals surface area contributed by atoms with E-state index in [0.717, 1.165) is 55.5 Å². The summed E-state index contributed by atoms with van der Waals surface area (Å²) in [7, 11) is 0. The van der Waals surface area contributed by atoms with Crippen LogP contribution in [0, 0.1) is 40.9 Å². The van der Waals surface area contributed by atoms with Gasteiger partial charge in [-0.25, -0.2) is 31.9 Å². The van der Waals surface area contributed by atoms with E-state index in [1.54, 1.807) is 12.4 Å². The Balaban J connectivity index is 1.48. The molecule has 3 nitrogen and oxygen atoms in total. The Labute approximate surface area is 225 Å². The number of rotatable bonds is 8. The lowest BCUT2D eigenvalue weighted by Gasteiger charge is -2.19. The minimum Gasteiger partial charge on any atom is -0.429 e. The smallest absolute Gasteiger partial charge is 0.429 e. The fraction of sp³-hybridized carbons (Fsp3) is 0.200. The van der Waals surface area contributed by atoms with Gasteiger partial charge in [0.1, 0.15) is 17.4 Å². The van der Waals surface area contributed by atoms with E-state index >= 15 is 0 Å². The molecule has 0 saturated carbocycles. The molecule has 40 heavy (non-hydrogen) atoms. The van der Waals surface area contributed by atoms with Gasteiger partial charge in [0, 0.05) is 29.6 Å². The van der Waals surface area contributed by atoms with Crippen LogP contribution in [-0.2, 0) is 12.5 Å². The predicted molar refractivity (Wildman–Crippen MR) is 134 cm³/mol. The van der Waals surface area contributed by atoms with E-state index < -0.39 is 46.5 Å². The Bertz CT molecular complexity index is 1550. The molecule has 206 valence electrons. The van der Waals surface area contributed by atoms with Crippen molar-refractivity contribution in [3.63, 3.8) is 0 Å². The van der Waals surface area contributed by atoms with Crippen LogP contribution in [0.4, 0.5) is 30.7 Å². The summed E-state index contributed by atoms with van der Waals surface area (Å²) in [6.45, 7) is 2.09. The number of ether oxygens (including phenoxy) is 1. The maximum atomic E-state index is 14.8. The molecule has 10 heteroatoms. The molecule has 0 radical (unpaired) electrons. The largest absolute Gasteiger partial charge is 0.429 e. The van der Waals surface area contributed by atoms with Crippen LogP contribution in [0.15, 0.2) is 60.9 Å². The Morgan fingerprint density at radius 1 is 0.775 bits per heavy atom. The highest BCUT2D eigenvalue weighted by Crippen LogP contribution is 2.35. The second kappa shape index (κ2) is 12.2. The maximum Gasteiger partial charge on any atom is 0.429 e. The number of aromatic nitrogens is 2. The molecule has 4 aromatic rings. The van der Waals surface area contributed by atoms with Gasteiger partial charge in [0.05, 0.1) is 11.1 Å². The van der Waals surface area contributed by atoms with Crippen LogP contribution >= 0.6 is 0 Å². The van der Waals surface area contributed by atoms with Crippen LogP contribution in [0.2, 0.25) is 0 Å². The summed E-state index contributed by atoms with van der Waals surface area (Å²) in [5.41, 5.74) is -0.566. The Hall–Kier alpha value is -4.39. The number of halogens is 7. The van der Waals surface area contributed by atoms with Gasteiger partial charge in [-0.2, -0.15) is 8.78 Å². The average Bonchev–Trinajstić information content (AvgIpc) is 2.91. The Morgan fingerprint density at radius 2 is 1.48 bits per heavy atom. The Morgan fingerprint density at radius 3 is 2.10 bits per heavy atom. The van der Waals surface area contributed by atoms with E-state index in [0.29, 0.717) is 18.2 Å². The number of alkyl halides is 2. The predicted octanol–water partition coefficient (Wildman–Crippen LogP) is 8.10. The van der Waals surface area contributed by atoms with E-state index in [1.807, 2.05) is 0 Å². The fourth-order valence-corrected chi connectivity index (χ4v) is 3.73. The zero-order chi connectivity index (χ0) is 28.9. The molecule has 0 bridgehead atoms. The van der Waals surface area contributed by atoms with E-state index in [1.165, 1.54) is 6.07 Å². The van der Waals surface area contributed by atoms with E-state index in [2.05, 4.69) is 33.5 Å². The van der Waals surface area contributed by atoms with Crippen molar-refractivity contribution < 1.29 is 35.5 Å². The van der Waals surface area contributed by atoms with E-state index in [-0.39, 0.29) is 22.5 Å².